The molecule has 1 unspecified atom stereocenters. The van der Waals surface area contributed by atoms with E-state index in [0.717, 1.165) is 24.1 Å². The molecule has 1 amide bonds. The van der Waals surface area contributed by atoms with E-state index in [0.29, 0.717) is 23.7 Å². The van der Waals surface area contributed by atoms with E-state index in [1.165, 1.54) is 0 Å². The van der Waals surface area contributed by atoms with Crippen molar-refractivity contribution in [1.29, 1.82) is 0 Å². The first-order valence-corrected chi connectivity index (χ1v) is 9.04. The first-order valence-electron chi connectivity index (χ1n) is 9.04. The van der Waals surface area contributed by atoms with Crippen molar-refractivity contribution in [1.82, 2.24) is 9.78 Å². The summed E-state index contributed by atoms with van der Waals surface area (Å²) in [6, 6.07) is 7.57. The number of benzene rings is 1. The summed E-state index contributed by atoms with van der Waals surface area (Å²) in [5.74, 6) is -1.44. The Kier molecular flexibility index (Phi) is 6.55. The highest BCUT2D eigenvalue weighted by Crippen LogP contribution is 2.20. The number of aromatic nitrogens is 2. The molecule has 0 aliphatic carbocycles. The molecular formula is C20H27N3O3. The molecule has 0 spiro atoms. The van der Waals surface area contributed by atoms with Crippen molar-refractivity contribution in [3.63, 3.8) is 0 Å². The largest absolute Gasteiger partial charge is 0.481 e. The van der Waals surface area contributed by atoms with Gasteiger partial charge < -0.3 is 10.4 Å². The molecule has 140 valence electrons. The predicted molar refractivity (Wildman–Crippen MR) is 101 cm³/mol. The van der Waals surface area contributed by atoms with Gasteiger partial charge in [0.15, 0.2) is 0 Å². The summed E-state index contributed by atoms with van der Waals surface area (Å²) in [6.45, 7) is 7.82. The number of hydrogen-bond donors (Lipinski definition) is 2. The quantitative estimate of drug-likeness (QED) is 0.746. The van der Waals surface area contributed by atoms with Crippen LogP contribution in [0.5, 0.6) is 0 Å². The summed E-state index contributed by atoms with van der Waals surface area (Å²) in [7, 11) is 0. The van der Waals surface area contributed by atoms with Crippen molar-refractivity contribution in [3.05, 3.63) is 47.3 Å². The SMILES string of the molecule is CCC(CC)n1ncc(C(=O)Nc2ccc(CC(C)C(=O)O)cc2)c1C. The van der Waals surface area contributed by atoms with E-state index in [9.17, 15) is 9.59 Å². The Morgan fingerprint density at radius 1 is 1.19 bits per heavy atom. The minimum Gasteiger partial charge on any atom is -0.481 e. The van der Waals surface area contributed by atoms with Crippen LogP contribution in [0.15, 0.2) is 30.5 Å². The Bertz CT molecular complexity index is 761. The Labute approximate surface area is 154 Å². The van der Waals surface area contributed by atoms with Gasteiger partial charge in [0.2, 0.25) is 0 Å². The van der Waals surface area contributed by atoms with Crippen molar-refractivity contribution in [2.24, 2.45) is 5.92 Å². The lowest BCUT2D eigenvalue weighted by Gasteiger charge is -2.15. The highest BCUT2D eigenvalue weighted by atomic mass is 16.4. The molecule has 2 aromatic rings. The number of hydrogen-bond acceptors (Lipinski definition) is 3. The summed E-state index contributed by atoms with van der Waals surface area (Å²) in [6.07, 6.45) is 4.02. The molecule has 1 aromatic heterocycles. The lowest BCUT2D eigenvalue weighted by Crippen LogP contribution is -2.15. The van der Waals surface area contributed by atoms with Gasteiger partial charge in [-0.15, -0.1) is 0 Å². The molecular weight excluding hydrogens is 330 g/mol. The number of carbonyl (C=O) groups excluding carboxylic acids is 1. The van der Waals surface area contributed by atoms with E-state index >= 15 is 0 Å². The van der Waals surface area contributed by atoms with Crippen LogP contribution < -0.4 is 5.32 Å². The van der Waals surface area contributed by atoms with Gasteiger partial charge in [-0.1, -0.05) is 32.9 Å². The highest BCUT2D eigenvalue weighted by Gasteiger charge is 2.18. The van der Waals surface area contributed by atoms with Gasteiger partial charge in [0.1, 0.15) is 0 Å². The Hall–Kier alpha value is -2.63. The van der Waals surface area contributed by atoms with Gasteiger partial charge in [-0.25, -0.2) is 0 Å². The molecule has 1 aromatic carbocycles. The van der Waals surface area contributed by atoms with Crippen molar-refractivity contribution < 1.29 is 14.7 Å². The maximum absolute atomic E-state index is 12.6. The molecule has 0 fully saturated rings. The highest BCUT2D eigenvalue weighted by molar-refractivity contribution is 6.04. The second-order valence-electron chi connectivity index (χ2n) is 6.65. The number of carboxylic acid groups (broad SMARTS) is 1. The average molecular weight is 357 g/mol. The molecule has 2 rings (SSSR count). The van der Waals surface area contributed by atoms with Gasteiger partial charge in [-0.2, -0.15) is 5.10 Å². The number of nitrogens with one attached hydrogen (secondary N) is 1. The van der Waals surface area contributed by atoms with Crippen LogP contribution in [-0.4, -0.2) is 26.8 Å². The minimum absolute atomic E-state index is 0.189. The molecule has 26 heavy (non-hydrogen) atoms. The van der Waals surface area contributed by atoms with E-state index in [4.69, 9.17) is 5.11 Å². The minimum atomic E-state index is -0.813. The molecule has 1 atom stereocenters. The number of amides is 1. The van der Waals surface area contributed by atoms with Gasteiger partial charge in [0.05, 0.1) is 23.7 Å². The second kappa shape index (κ2) is 8.65. The van der Waals surface area contributed by atoms with Crippen molar-refractivity contribution in [3.8, 4) is 0 Å². The fourth-order valence-electron chi connectivity index (χ4n) is 3.01. The average Bonchev–Trinajstić information content (AvgIpc) is 2.99. The third-order valence-corrected chi connectivity index (χ3v) is 4.75. The molecule has 0 aliphatic rings. The fraction of sp³-hybridized carbons (Fsp3) is 0.450. The zero-order valence-electron chi connectivity index (χ0n) is 15.8. The number of carboxylic acids is 1. The number of rotatable bonds is 8. The van der Waals surface area contributed by atoms with Crippen molar-refractivity contribution in [2.75, 3.05) is 5.32 Å². The van der Waals surface area contributed by atoms with E-state index in [1.54, 1.807) is 25.3 Å². The zero-order chi connectivity index (χ0) is 19.3. The van der Waals surface area contributed by atoms with Gasteiger partial charge in [0.25, 0.3) is 5.91 Å². The fourth-order valence-corrected chi connectivity index (χ4v) is 3.01. The summed E-state index contributed by atoms with van der Waals surface area (Å²) >= 11 is 0. The lowest BCUT2D eigenvalue weighted by atomic mass is 10.0. The standard InChI is InChI=1S/C20H27N3O3/c1-5-17(6-2)23-14(4)18(12-21-23)19(24)22-16-9-7-15(8-10-16)11-13(3)20(25)26/h7-10,12-13,17H,5-6,11H2,1-4H3,(H,22,24)(H,25,26). The van der Waals surface area contributed by atoms with Gasteiger partial charge in [-0.05, 0) is 43.9 Å². The molecule has 0 aliphatic heterocycles. The van der Waals surface area contributed by atoms with Crippen molar-refractivity contribution >= 4 is 17.6 Å². The molecule has 2 N–H and O–H groups in total. The maximum Gasteiger partial charge on any atom is 0.306 e. The zero-order valence-corrected chi connectivity index (χ0v) is 15.8. The lowest BCUT2D eigenvalue weighted by molar-refractivity contribution is -0.141. The predicted octanol–water partition coefficient (Wildman–Crippen LogP) is 4.07. The monoisotopic (exact) mass is 357 g/mol. The van der Waals surface area contributed by atoms with E-state index in [1.807, 2.05) is 23.7 Å². The van der Waals surface area contributed by atoms with Gasteiger partial charge >= 0.3 is 5.97 Å². The van der Waals surface area contributed by atoms with Crippen LogP contribution in [0, 0.1) is 12.8 Å². The number of anilines is 1. The molecule has 0 radical (unpaired) electrons. The van der Waals surface area contributed by atoms with E-state index in [2.05, 4.69) is 24.3 Å². The molecule has 6 nitrogen and oxygen atoms in total. The number of aliphatic carboxylic acids is 1. The summed E-state index contributed by atoms with van der Waals surface area (Å²) in [5.41, 5.74) is 3.04. The van der Waals surface area contributed by atoms with Crippen LogP contribution >= 0.6 is 0 Å². The first-order chi connectivity index (χ1) is 12.4. The Balaban J connectivity index is 2.07. The number of nitrogens with zero attached hydrogens (tertiary/aromatic N) is 2. The topological polar surface area (TPSA) is 84.2 Å². The second-order valence-corrected chi connectivity index (χ2v) is 6.65. The summed E-state index contributed by atoms with van der Waals surface area (Å²) in [5, 5.41) is 16.2. The van der Waals surface area contributed by atoms with Gasteiger partial charge in [0, 0.05) is 11.4 Å². The van der Waals surface area contributed by atoms with Crippen molar-refractivity contribution in [2.45, 2.75) is 53.0 Å². The molecule has 0 bridgehead atoms. The smallest absolute Gasteiger partial charge is 0.306 e. The van der Waals surface area contributed by atoms with Crippen LogP contribution in [-0.2, 0) is 11.2 Å². The molecule has 6 heteroatoms. The van der Waals surface area contributed by atoms with Gasteiger partial charge in [-0.3, -0.25) is 14.3 Å². The summed E-state index contributed by atoms with van der Waals surface area (Å²) in [4.78, 5) is 23.5. The third kappa shape index (κ3) is 4.50. The van der Waals surface area contributed by atoms with E-state index in [-0.39, 0.29) is 5.91 Å². The van der Waals surface area contributed by atoms with Crippen LogP contribution in [0.1, 0.15) is 61.3 Å². The molecule has 0 saturated carbocycles. The normalized spacial score (nSPS) is 12.2. The van der Waals surface area contributed by atoms with Crippen LogP contribution in [0.3, 0.4) is 0 Å². The Morgan fingerprint density at radius 2 is 1.81 bits per heavy atom. The Morgan fingerprint density at radius 3 is 2.35 bits per heavy atom. The molecule has 0 saturated heterocycles. The van der Waals surface area contributed by atoms with Crippen LogP contribution in [0.2, 0.25) is 0 Å². The molecule has 1 heterocycles. The maximum atomic E-state index is 12.6. The first kappa shape index (κ1) is 19.7. The van der Waals surface area contributed by atoms with Crippen LogP contribution in [0.4, 0.5) is 5.69 Å². The van der Waals surface area contributed by atoms with Crippen LogP contribution in [0.25, 0.3) is 0 Å². The third-order valence-electron chi connectivity index (χ3n) is 4.75. The van der Waals surface area contributed by atoms with E-state index < -0.39 is 11.9 Å². The number of carbonyl (C=O) groups is 2. The summed E-state index contributed by atoms with van der Waals surface area (Å²) < 4.78 is 1.92.